The summed E-state index contributed by atoms with van der Waals surface area (Å²) in [5, 5.41) is 0. The third-order valence-electron chi connectivity index (χ3n) is 3.97. The molecule has 0 amide bonds. The summed E-state index contributed by atoms with van der Waals surface area (Å²) in [5.74, 6) is 0.915. The van der Waals surface area contributed by atoms with Crippen molar-refractivity contribution in [2.24, 2.45) is 5.73 Å². The molecule has 2 N–H and O–H groups in total. The van der Waals surface area contributed by atoms with Crippen LogP contribution in [0.5, 0.6) is 5.75 Å². The number of nitrogens with zero attached hydrogens (tertiary/aromatic N) is 1. The van der Waals surface area contributed by atoms with E-state index in [2.05, 4.69) is 30.0 Å². The number of rotatable bonds is 4. The second kappa shape index (κ2) is 6.92. The molecule has 0 aromatic heterocycles. The summed E-state index contributed by atoms with van der Waals surface area (Å²) < 4.78 is 5.34. The van der Waals surface area contributed by atoms with Crippen LogP contribution in [0.15, 0.2) is 24.3 Å². The Bertz CT molecular complexity index is 384. The number of hydrogen-bond acceptors (Lipinski definition) is 3. The molecule has 0 aliphatic carbocycles. The minimum Gasteiger partial charge on any atom is -0.497 e. The molecule has 1 saturated heterocycles. The van der Waals surface area contributed by atoms with Crippen LogP contribution in [0.1, 0.15) is 44.2 Å². The van der Waals surface area contributed by atoms with Gasteiger partial charge in [-0.25, -0.2) is 0 Å². The molecule has 2 rings (SSSR count). The lowest BCUT2D eigenvalue weighted by Gasteiger charge is -2.34. The summed E-state index contributed by atoms with van der Waals surface area (Å²) in [6, 6.07) is 8.77. The Morgan fingerprint density at radius 3 is 2.42 bits per heavy atom. The highest BCUT2D eigenvalue weighted by Crippen LogP contribution is 2.28. The number of nitrogens with two attached hydrogens (primary N) is 1. The summed E-state index contributed by atoms with van der Waals surface area (Å²) in [4.78, 5) is 2.55. The Kier molecular flexibility index (Phi) is 5.23. The maximum Gasteiger partial charge on any atom is 0.119 e. The third kappa shape index (κ3) is 3.71. The molecule has 19 heavy (non-hydrogen) atoms. The van der Waals surface area contributed by atoms with Gasteiger partial charge in [0.15, 0.2) is 0 Å². The van der Waals surface area contributed by atoms with Gasteiger partial charge in [-0.3, -0.25) is 4.90 Å². The smallest absolute Gasteiger partial charge is 0.119 e. The highest BCUT2D eigenvalue weighted by Gasteiger charge is 2.24. The van der Waals surface area contributed by atoms with Gasteiger partial charge in [0.25, 0.3) is 0 Å². The van der Waals surface area contributed by atoms with Crippen molar-refractivity contribution in [2.75, 3.05) is 20.2 Å². The number of hydrogen-bond donors (Lipinski definition) is 1. The van der Waals surface area contributed by atoms with Crippen LogP contribution in [-0.4, -0.2) is 31.1 Å². The molecule has 1 aromatic rings. The predicted molar refractivity (Wildman–Crippen MR) is 79.4 cm³/mol. The standard InChI is InChI=1S/C16H26N2O/c1-13(17)16(18-10-5-3-4-6-11-18)14-8-7-9-15(12-14)19-2/h7-9,12-13,16H,3-6,10-11,17H2,1-2H3. The Labute approximate surface area is 116 Å². The van der Waals surface area contributed by atoms with Crippen molar-refractivity contribution in [1.29, 1.82) is 0 Å². The van der Waals surface area contributed by atoms with Crippen molar-refractivity contribution in [3.05, 3.63) is 29.8 Å². The fraction of sp³-hybridized carbons (Fsp3) is 0.625. The maximum absolute atomic E-state index is 6.26. The van der Waals surface area contributed by atoms with Gasteiger partial charge in [0.05, 0.1) is 7.11 Å². The number of benzene rings is 1. The molecule has 0 bridgehead atoms. The van der Waals surface area contributed by atoms with E-state index in [1.165, 1.54) is 31.2 Å². The van der Waals surface area contributed by atoms with Crippen molar-refractivity contribution in [3.8, 4) is 5.75 Å². The largest absolute Gasteiger partial charge is 0.497 e. The second-order valence-corrected chi connectivity index (χ2v) is 5.53. The van der Waals surface area contributed by atoms with Crippen LogP contribution in [0.3, 0.4) is 0 Å². The SMILES string of the molecule is COc1cccc(C(C(C)N)N2CCCCCC2)c1. The van der Waals surface area contributed by atoms with E-state index in [0.29, 0.717) is 6.04 Å². The van der Waals surface area contributed by atoms with Gasteiger partial charge in [-0.1, -0.05) is 25.0 Å². The molecule has 2 atom stereocenters. The van der Waals surface area contributed by atoms with Crippen molar-refractivity contribution in [1.82, 2.24) is 4.90 Å². The fourth-order valence-electron chi connectivity index (χ4n) is 3.05. The molecule has 2 unspecified atom stereocenters. The average molecular weight is 262 g/mol. The van der Waals surface area contributed by atoms with E-state index in [1.807, 2.05) is 6.07 Å². The van der Waals surface area contributed by atoms with Gasteiger partial charge in [0, 0.05) is 12.1 Å². The van der Waals surface area contributed by atoms with Crippen LogP contribution < -0.4 is 10.5 Å². The number of methoxy groups -OCH3 is 1. The molecule has 1 aliphatic heterocycles. The minimum atomic E-state index is 0.130. The first-order valence-electron chi connectivity index (χ1n) is 7.36. The quantitative estimate of drug-likeness (QED) is 0.906. The molecule has 1 aromatic carbocycles. The normalized spacial score (nSPS) is 20.6. The van der Waals surface area contributed by atoms with Crippen LogP contribution in [0.2, 0.25) is 0 Å². The molecular weight excluding hydrogens is 236 g/mol. The molecule has 1 aliphatic rings. The topological polar surface area (TPSA) is 38.5 Å². The van der Waals surface area contributed by atoms with E-state index < -0.39 is 0 Å². The van der Waals surface area contributed by atoms with Gasteiger partial charge in [0.1, 0.15) is 5.75 Å². The van der Waals surface area contributed by atoms with Crippen LogP contribution >= 0.6 is 0 Å². The molecule has 0 saturated carbocycles. The van der Waals surface area contributed by atoms with Crippen LogP contribution in [-0.2, 0) is 0 Å². The molecule has 1 heterocycles. The van der Waals surface area contributed by atoms with Crippen molar-refractivity contribution in [2.45, 2.75) is 44.7 Å². The highest BCUT2D eigenvalue weighted by atomic mass is 16.5. The van der Waals surface area contributed by atoms with Crippen molar-refractivity contribution >= 4 is 0 Å². The van der Waals surface area contributed by atoms with Gasteiger partial charge < -0.3 is 10.5 Å². The number of ether oxygens (including phenoxy) is 1. The van der Waals surface area contributed by atoms with Crippen molar-refractivity contribution < 1.29 is 4.74 Å². The van der Waals surface area contributed by atoms with Gasteiger partial charge in [0.2, 0.25) is 0 Å². The molecule has 0 spiro atoms. The summed E-state index contributed by atoms with van der Waals surface area (Å²) in [6.45, 7) is 4.42. The zero-order chi connectivity index (χ0) is 13.7. The fourth-order valence-corrected chi connectivity index (χ4v) is 3.05. The van der Waals surface area contributed by atoms with Crippen molar-refractivity contribution in [3.63, 3.8) is 0 Å². The maximum atomic E-state index is 6.26. The van der Waals surface area contributed by atoms with E-state index in [9.17, 15) is 0 Å². The lowest BCUT2D eigenvalue weighted by molar-refractivity contribution is 0.183. The van der Waals surface area contributed by atoms with E-state index in [-0.39, 0.29) is 6.04 Å². The average Bonchev–Trinajstić information content (AvgIpc) is 2.68. The van der Waals surface area contributed by atoms with Gasteiger partial charge in [-0.05, 0) is 50.6 Å². The Morgan fingerprint density at radius 2 is 1.84 bits per heavy atom. The van der Waals surface area contributed by atoms with Gasteiger partial charge in [-0.15, -0.1) is 0 Å². The molecule has 106 valence electrons. The number of likely N-dealkylation sites (tertiary alicyclic amines) is 1. The van der Waals surface area contributed by atoms with Crippen LogP contribution in [0, 0.1) is 0 Å². The molecule has 3 nitrogen and oxygen atoms in total. The first kappa shape index (κ1) is 14.4. The zero-order valence-corrected chi connectivity index (χ0v) is 12.1. The van der Waals surface area contributed by atoms with Gasteiger partial charge in [-0.2, -0.15) is 0 Å². The monoisotopic (exact) mass is 262 g/mol. The molecular formula is C16H26N2O. The Balaban J connectivity index is 2.22. The zero-order valence-electron chi connectivity index (χ0n) is 12.1. The highest BCUT2D eigenvalue weighted by molar-refractivity contribution is 5.31. The molecule has 0 radical (unpaired) electrons. The molecule has 3 heteroatoms. The van der Waals surface area contributed by atoms with E-state index in [1.54, 1.807) is 7.11 Å². The Hall–Kier alpha value is -1.06. The van der Waals surface area contributed by atoms with E-state index in [4.69, 9.17) is 10.5 Å². The Morgan fingerprint density at radius 1 is 1.16 bits per heavy atom. The van der Waals surface area contributed by atoms with Crippen LogP contribution in [0.4, 0.5) is 0 Å². The lowest BCUT2D eigenvalue weighted by atomic mass is 9.98. The van der Waals surface area contributed by atoms with Gasteiger partial charge >= 0.3 is 0 Å². The minimum absolute atomic E-state index is 0.130. The summed E-state index contributed by atoms with van der Waals surface area (Å²) in [6.07, 6.45) is 5.26. The van der Waals surface area contributed by atoms with E-state index in [0.717, 1.165) is 18.8 Å². The molecule has 1 fully saturated rings. The van der Waals surface area contributed by atoms with E-state index >= 15 is 0 Å². The first-order valence-corrected chi connectivity index (χ1v) is 7.36. The predicted octanol–water partition coefficient (Wildman–Crippen LogP) is 2.96. The summed E-state index contributed by atoms with van der Waals surface area (Å²) in [7, 11) is 1.71. The second-order valence-electron chi connectivity index (χ2n) is 5.53. The third-order valence-corrected chi connectivity index (χ3v) is 3.97. The lowest BCUT2D eigenvalue weighted by Crippen LogP contribution is -2.40. The van der Waals surface area contributed by atoms with Crippen LogP contribution in [0.25, 0.3) is 0 Å². The summed E-state index contributed by atoms with van der Waals surface area (Å²) >= 11 is 0. The first-order chi connectivity index (χ1) is 9.22. The summed E-state index contributed by atoms with van der Waals surface area (Å²) in [5.41, 5.74) is 7.53.